The Labute approximate surface area is 149 Å². The predicted octanol–water partition coefficient (Wildman–Crippen LogP) is 5.11. The fourth-order valence-corrected chi connectivity index (χ4v) is 2.15. The van der Waals surface area contributed by atoms with Crippen LogP contribution in [0.15, 0.2) is 73.4 Å². The van der Waals surface area contributed by atoms with Crippen LogP contribution in [0.4, 0.5) is 0 Å². The molecule has 0 radical (unpaired) electrons. The zero-order valence-corrected chi connectivity index (χ0v) is 14.9. The molecule has 0 heterocycles. The average molecular weight is 336 g/mol. The summed E-state index contributed by atoms with van der Waals surface area (Å²) in [5.41, 5.74) is 2.34. The van der Waals surface area contributed by atoms with Gasteiger partial charge >= 0.3 is 0 Å². The maximum Gasteiger partial charge on any atom is 0.196 e. The van der Waals surface area contributed by atoms with E-state index in [1.54, 1.807) is 36.4 Å². The highest BCUT2D eigenvalue weighted by Crippen LogP contribution is 2.24. The Morgan fingerprint density at radius 1 is 1.20 bits per heavy atom. The summed E-state index contributed by atoms with van der Waals surface area (Å²) < 4.78 is 5.58. The van der Waals surface area contributed by atoms with E-state index in [0.717, 1.165) is 5.56 Å². The number of carbonyl (C=O) groups is 2. The number of carbonyl (C=O) groups excluding carboxylic acids is 2. The lowest BCUT2D eigenvalue weighted by molar-refractivity contribution is -0.116. The quantitative estimate of drug-likeness (QED) is 0.258. The zero-order chi connectivity index (χ0) is 18.8. The van der Waals surface area contributed by atoms with E-state index < -0.39 is 0 Å². The number of Topliss-reactive ketones (excluding diaryl/α,β-unsaturated/α-hetero) is 2. The molecule has 0 atom stereocenters. The lowest BCUT2D eigenvalue weighted by Crippen LogP contribution is -2.06. The molecule has 1 aromatic carbocycles. The SMILES string of the molecule is C=CCOc1ccc(/C=C\C(=C)CC(C)=O)cc1C(=O)C(=C)/C=C\C. The molecule has 3 heteroatoms. The van der Waals surface area contributed by atoms with E-state index in [0.29, 0.717) is 35.5 Å². The molecule has 0 bridgehead atoms. The van der Waals surface area contributed by atoms with Crippen molar-refractivity contribution in [2.45, 2.75) is 20.3 Å². The molecule has 0 unspecified atom stereocenters. The average Bonchev–Trinajstić information content (AvgIpc) is 2.57. The van der Waals surface area contributed by atoms with Crippen LogP contribution in [0, 0.1) is 0 Å². The fraction of sp³-hybridized carbons (Fsp3) is 0.182. The minimum atomic E-state index is -0.199. The maximum atomic E-state index is 12.6. The van der Waals surface area contributed by atoms with Crippen molar-refractivity contribution < 1.29 is 14.3 Å². The predicted molar refractivity (Wildman–Crippen MR) is 104 cm³/mol. The zero-order valence-electron chi connectivity index (χ0n) is 14.9. The number of ether oxygens (including phenoxy) is 1. The number of rotatable bonds is 10. The van der Waals surface area contributed by atoms with Gasteiger partial charge in [-0.2, -0.15) is 0 Å². The Balaban J connectivity index is 3.16. The molecule has 0 aromatic heterocycles. The molecular weight excluding hydrogens is 312 g/mol. The molecule has 0 spiro atoms. The summed E-state index contributed by atoms with van der Waals surface area (Å²) in [4.78, 5) is 23.7. The van der Waals surface area contributed by atoms with Crippen LogP contribution in [0.3, 0.4) is 0 Å². The molecule has 25 heavy (non-hydrogen) atoms. The first-order chi connectivity index (χ1) is 11.9. The second-order valence-corrected chi connectivity index (χ2v) is 5.58. The second-order valence-electron chi connectivity index (χ2n) is 5.58. The van der Waals surface area contributed by atoms with Crippen LogP contribution >= 0.6 is 0 Å². The van der Waals surface area contributed by atoms with E-state index in [4.69, 9.17) is 4.74 Å². The molecule has 0 saturated carbocycles. The van der Waals surface area contributed by atoms with Gasteiger partial charge in [-0.3, -0.25) is 9.59 Å². The van der Waals surface area contributed by atoms with Crippen molar-refractivity contribution in [2.75, 3.05) is 6.61 Å². The number of benzene rings is 1. The standard InChI is InChI=1S/C22H24O3/c1-6-8-17(4)22(24)20-15-19(10-9-16(3)14-18(5)23)11-12-21(20)25-13-7-2/h6-12,15H,2-4,13-14H2,1,5H3/b8-6-,10-9-. The van der Waals surface area contributed by atoms with E-state index in [1.807, 2.05) is 19.1 Å². The van der Waals surface area contributed by atoms with Crippen molar-refractivity contribution in [2.24, 2.45) is 0 Å². The summed E-state index contributed by atoms with van der Waals surface area (Å²) >= 11 is 0. The summed E-state index contributed by atoms with van der Waals surface area (Å²) in [5.74, 6) is 0.339. The summed E-state index contributed by atoms with van der Waals surface area (Å²) in [7, 11) is 0. The molecule has 0 aliphatic carbocycles. The highest BCUT2D eigenvalue weighted by molar-refractivity contribution is 6.12. The molecule has 0 fully saturated rings. The highest BCUT2D eigenvalue weighted by atomic mass is 16.5. The van der Waals surface area contributed by atoms with Gasteiger partial charge in [0.1, 0.15) is 18.1 Å². The molecule has 1 rings (SSSR count). The van der Waals surface area contributed by atoms with E-state index in [9.17, 15) is 9.59 Å². The summed E-state index contributed by atoms with van der Waals surface area (Å²) in [6.45, 7) is 14.9. The molecular formula is C22H24O3. The Hall–Kier alpha value is -2.94. The number of allylic oxidation sites excluding steroid dienone is 5. The molecule has 1 aromatic rings. The third kappa shape index (κ3) is 6.60. The summed E-state index contributed by atoms with van der Waals surface area (Å²) in [6.07, 6.45) is 8.94. The van der Waals surface area contributed by atoms with E-state index >= 15 is 0 Å². The van der Waals surface area contributed by atoms with E-state index in [2.05, 4.69) is 19.7 Å². The summed E-state index contributed by atoms with van der Waals surface area (Å²) in [5, 5.41) is 0. The Morgan fingerprint density at radius 2 is 1.92 bits per heavy atom. The Bertz CT molecular complexity index is 749. The molecule has 130 valence electrons. The largest absolute Gasteiger partial charge is 0.489 e. The number of hydrogen-bond donors (Lipinski definition) is 0. The number of hydrogen-bond acceptors (Lipinski definition) is 3. The van der Waals surface area contributed by atoms with Gasteiger partial charge in [0.15, 0.2) is 5.78 Å². The first kappa shape index (κ1) is 20.1. The Kier molecular flexibility index (Phi) is 8.07. The van der Waals surface area contributed by atoms with Crippen molar-refractivity contribution in [1.82, 2.24) is 0 Å². The molecule has 0 N–H and O–H groups in total. The number of ketones is 2. The lowest BCUT2D eigenvalue weighted by atomic mass is 10.00. The van der Waals surface area contributed by atoms with Gasteiger partial charge < -0.3 is 4.74 Å². The Morgan fingerprint density at radius 3 is 2.52 bits per heavy atom. The molecule has 0 amide bonds. The van der Waals surface area contributed by atoms with Gasteiger partial charge in [0, 0.05) is 12.0 Å². The van der Waals surface area contributed by atoms with Gasteiger partial charge in [-0.1, -0.05) is 56.2 Å². The van der Waals surface area contributed by atoms with Gasteiger partial charge in [0.25, 0.3) is 0 Å². The van der Waals surface area contributed by atoms with Crippen LogP contribution in [0.5, 0.6) is 5.75 Å². The van der Waals surface area contributed by atoms with Crippen molar-refractivity contribution in [3.05, 3.63) is 84.5 Å². The van der Waals surface area contributed by atoms with Gasteiger partial charge in [-0.05, 0) is 37.1 Å². The fourth-order valence-electron chi connectivity index (χ4n) is 2.15. The minimum absolute atomic E-state index is 0.0568. The van der Waals surface area contributed by atoms with E-state index in [-0.39, 0.29) is 11.6 Å². The van der Waals surface area contributed by atoms with Crippen molar-refractivity contribution in [3.63, 3.8) is 0 Å². The molecule has 0 saturated heterocycles. The van der Waals surface area contributed by atoms with Gasteiger partial charge in [0.2, 0.25) is 0 Å². The van der Waals surface area contributed by atoms with Gasteiger partial charge in [0.05, 0.1) is 5.56 Å². The smallest absolute Gasteiger partial charge is 0.196 e. The second kappa shape index (κ2) is 10.0. The third-order valence-electron chi connectivity index (χ3n) is 3.25. The summed E-state index contributed by atoms with van der Waals surface area (Å²) in [6, 6.07) is 5.32. The van der Waals surface area contributed by atoms with Crippen LogP contribution in [0.2, 0.25) is 0 Å². The van der Waals surface area contributed by atoms with E-state index in [1.165, 1.54) is 6.92 Å². The minimum Gasteiger partial charge on any atom is -0.489 e. The highest BCUT2D eigenvalue weighted by Gasteiger charge is 2.14. The topological polar surface area (TPSA) is 43.4 Å². The third-order valence-corrected chi connectivity index (χ3v) is 3.25. The monoisotopic (exact) mass is 336 g/mol. The van der Waals surface area contributed by atoms with Crippen molar-refractivity contribution in [3.8, 4) is 5.75 Å². The molecule has 3 nitrogen and oxygen atoms in total. The van der Waals surface area contributed by atoms with Crippen LogP contribution in [-0.2, 0) is 4.79 Å². The first-order valence-corrected chi connectivity index (χ1v) is 7.98. The normalized spacial score (nSPS) is 10.8. The first-order valence-electron chi connectivity index (χ1n) is 7.98. The van der Waals surface area contributed by atoms with Crippen LogP contribution in [0.25, 0.3) is 6.08 Å². The van der Waals surface area contributed by atoms with Crippen LogP contribution < -0.4 is 4.74 Å². The lowest BCUT2D eigenvalue weighted by Gasteiger charge is -2.11. The van der Waals surface area contributed by atoms with Crippen molar-refractivity contribution in [1.29, 1.82) is 0 Å². The molecule has 0 aliphatic rings. The van der Waals surface area contributed by atoms with Gasteiger partial charge in [-0.15, -0.1) is 0 Å². The maximum absolute atomic E-state index is 12.6. The molecule has 0 aliphatic heterocycles. The van der Waals surface area contributed by atoms with Crippen LogP contribution in [-0.4, -0.2) is 18.2 Å². The van der Waals surface area contributed by atoms with Gasteiger partial charge in [-0.25, -0.2) is 0 Å². The van der Waals surface area contributed by atoms with Crippen molar-refractivity contribution >= 4 is 17.6 Å². The van der Waals surface area contributed by atoms with Crippen LogP contribution in [0.1, 0.15) is 36.2 Å².